The molecule has 21 heavy (non-hydrogen) atoms. The van der Waals surface area contributed by atoms with Gasteiger partial charge in [0, 0.05) is 0 Å². The van der Waals surface area contributed by atoms with Gasteiger partial charge in [-0.1, -0.05) is 37.3 Å². The third-order valence-electron chi connectivity index (χ3n) is 3.76. The molecule has 0 bridgehead atoms. The van der Waals surface area contributed by atoms with Crippen LogP contribution in [0.2, 0.25) is 0 Å². The van der Waals surface area contributed by atoms with Crippen molar-refractivity contribution in [1.82, 2.24) is 5.32 Å². The summed E-state index contributed by atoms with van der Waals surface area (Å²) in [6.07, 6.45) is 0. The maximum atomic E-state index is 5.53. The van der Waals surface area contributed by atoms with Gasteiger partial charge < -0.3 is 10.1 Å². The quantitative estimate of drug-likeness (QED) is 0.848. The van der Waals surface area contributed by atoms with Crippen molar-refractivity contribution in [1.29, 1.82) is 0 Å². The number of hydrogen-bond donors (Lipinski definition) is 1. The van der Waals surface area contributed by atoms with Crippen molar-refractivity contribution in [3.05, 3.63) is 64.7 Å². The number of aryl methyl sites for hydroxylation is 2. The van der Waals surface area contributed by atoms with Crippen molar-refractivity contribution in [2.45, 2.75) is 33.7 Å². The fraction of sp³-hybridized carbons (Fsp3) is 0.368. The van der Waals surface area contributed by atoms with Crippen molar-refractivity contribution in [3.8, 4) is 5.75 Å². The molecule has 2 nitrogen and oxygen atoms in total. The van der Waals surface area contributed by atoms with Crippen LogP contribution in [-0.2, 0) is 0 Å². The Bertz CT molecular complexity index is 554. The van der Waals surface area contributed by atoms with Crippen LogP contribution in [0.15, 0.2) is 42.5 Å². The van der Waals surface area contributed by atoms with E-state index in [2.05, 4.69) is 68.6 Å². The fourth-order valence-corrected chi connectivity index (χ4v) is 2.80. The molecule has 112 valence electrons. The second kappa shape index (κ2) is 7.28. The van der Waals surface area contributed by atoms with E-state index in [0.29, 0.717) is 6.61 Å². The molecule has 2 aromatic rings. The molecule has 0 aliphatic rings. The largest absolute Gasteiger partial charge is 0.494 e. The van der Waals surface area contributed by atoms with Gasteiger partial charge >= 0.3 is 0 Å². The first-order valence-corrected chi connectivity index (χ1v) is 7.69. The average molecular weight is 283 g/mol. The van der Waals surface area contributed by atoms with Crippen LogP contribution < -0.4 is 10.1 Å². The highest BCUT2D eigenvalue weighted by Gasteiger charge is 2.17. The van der Waals surface area contributed by atoms with Gasteiger partial charge in [-0.2, -0.15) is 0 Å². The molecular weight excluding hydrogens is 258 g/mol. The molecule has 2 rings (SSSR count). The molecule has 0 heterocycles. The normalized spacial score (nSPS) is 12.2. The second-order valence-electron chi connectivity index (χ2n) is 5.30. The van der Waals surface area contributed by atoms with Crippen molar-refractivity contribution in [2.24, 2.45) is 0 Å². The molecule has 2 heteroatoms. The average Bonchev–Trinajstić information content (AvgIpc) is 2.47. The summed E-state index contributed by atoms with van der Waals surface area (Å²) in [4.78, 5) is 0. The van der Waals surface area contributed by atoms with Crippen LogP contribution in [-0.4, -0.2) is 13.2 Å². The molecule has 0 radical (unpaired) electrons. The number of hydrogen-bond acceptors (Lipinski definition) is 2. The Kier molecular flexibility index (Phi) is 5.40. The van der Waals surface area contributed by atoms with Gasteiger partial charge in [-0.05, 0) is 61.7 Å². The smallest absolute Gasteiger partial charge is 0.119 e. The molecule has 0 saturated heterocycles. The van der Waals surface area contributed by atoms with E-state index in [0.717, 1.165) is 12.3 Å². The zero-order valence-corrected chi connectivity index (χ0v) is 13.4. The summed E-state index contributed by atoms with van der Waals surface area (Å²) in [7, 11) is 0. The molecule has 2 aromatic carbocycles. The third-order valence-corrected chi connectivity index (χ3v) is 3.76. The lowest BCUT2D eigenvalue weighted by Gasteiger charge is -2.23. The van der Waals surface area contributed by atoms with Gasteiger partial charge in [0.15, 0.2) is 0 Å². The molecule has 1 unspecified atom stereocenters. The Balaban J connectivity index is 2.38. The molecular formula is C19H25NO. The van der Waals surface area contributed by atoms with Crippen molar-refractivity contribution < 1.29 is 4.74 Å². The van der Waals surface area contributed by atoms with E-state index in [-0.39, 0.29) is 6.04 Å². The zero-order chi connectivity index (χ0) is 15.2. The summed E-state index contributed by atoms with van der Waals surface area (Å²) in [6, 6.07) is 15.1. The Labute approximate surface area is 128 Å². The Morgan fingerprint density at radius 2 is 1.57 bits per heavy atom. The lowest BCUT2D eigenvalue weighted by Crippen LogP contribution is -2.23. The highest BCUT2D eigenvalue weighted by molar-refractivity contribution is 5.43. The van der Waals surface area contributed by atoms with E-state index in [1.807, 2.05) is 6.92 Å². The molecule has 1 atom stereocenters. The minimum atomic E-state index is 0.229. The van der Waals surface area contributed by atoms with E-state index in [9.17, 15) is 0 Å². The Morgan fingerprint density at radius 3 is 2.10 bits per heavy atom. The minimum absolute atomic E-state index is 0.229. The molecule has 0 aliphatic carbocycles. The van der Waals surface area contributed by atoms with Gasteiger partial charge in [0.1, 0.15) is 5.75 Å². The lowest BCUT2D eigenvalue weighted by atomic mass is 9.91. The maximum absolute atomic E-state index is 5.53. The van der Waals surface area contributed by atoms with Crippen LogP contribution in [0.25, 0.3) is 0 Å². The first-order valence-electron chi connectivity index (χ1n) is 7.69. The molecule has 0 saturated carbocycles. The topological polar surface area (TPSA) is 21.3 Å². The van der Waals surface area contributed by atoms with Crippen LogP contribution in [0.3, 0.4) is 0 Å². The van der Waals surface area contributed by atoms with E-state index in [1.165, 1.54) is 22.3 Å². The number of benzene rings is 2. The summed E-state index contributed by atoms with van der Waals surface area (Å²) >= 11 is 0. The predicted octanol–water partition coefficient (Wildman–Crippen LogP) is 4.40. The highest BCUT2D eigenvalue weighted by atomic mass is 16.5. The lowest BCUT2D eigenvalue weighted by molar-refractivity contribution is 0.340. The van der Waals surface area contributed by atoms with E-state index in [4.69, 9.17) is 4.74 Å². The van der Waals surface area contributed by atoms with E-state index in [1.54, 1.807) is 0 Å². The van der Waals surface area contributed by atoms with E-state index >= 15 is 0 Å². The monoisotopic (exact) mass is 283 g/mol. The molecule has 0 aliphatic heterocycles. The molecule has 0 amide bonds. The van der Waals surface area contributed by atoms with Gasteiger partial charge in [-0.15, -0.1) is 0 Å². The first kappa shape index (κ1) is 15.6. The molecule has 0 spiro atoms. The van der Waals surface area contributed by atoms with Gasteiger partial charge in [0.25, 0.3) is 0 Å². The van der Waals surface area contributed by atoms with Crippen molar-refractivity contribution in [2.75, 3.05) is 13.2 Å². The SMILES string of the molecule is CCNC(c1ccc(OCC)cc1)c1c(C)cccc1C. The van der Waals surface area contributed by atoms with Crippen LogP contribution in [0.4, 0.5) is 0 Å². The first-order chi connectivity index (χ1) is 10.2. The third kappa shape index (κ3) is 3.64. The summed E-state index contributed by atoms with van der Waals surface area (Å²) in [6.45, 7) is 10.2. The zero-order valence-electron chi connectivity index (χ0n) is 13.4. The molecule has 0 aromatic heterocycles. The van der Waals surface area contributed by atoms with Crippen LogP contribution >= 0.6 is 0 Å². The second-order valence-corrected chi connectivity index (χ2v) is 5.30. The van der Waals surface area contributed by atoms with Crippen LogP contribution in [0.5, 0.6) is 5.75 Å². The molecule has 1 N–H and O–H groups in total. The summed E-state index contributed by atoms with van der Waals surface area (Å²) in [5, 5.41) is 3.61. The number of ether oxygens (including phenoxy) is 1. The van der Waals surface area contributed by atoms with Gasteiger partial charge in [0.05, 0.1) is 12.6 Å². The summed E-state index contributed by atoms with van der Waals surface area (Å²) < 4.78 is 5.53. The number of rotatable bonds is 6. The van der Waals surface area contributed by atoms with Crippen molar-refractivity contribution >= 4 is 0 Å². The number of nitrogens with one attached hydrogen (secondary N) is 1. The van der Waals surface area contributed by atoms with E-state index < -0.39 is 0 Å². The van der Waals surface area contributed by atoms with Gasteiger partial charge in [-0.3, -0.25) is 0 Å². The minimum Gasteiger partial charge on any atom is -0.494 e. The highest BCUT2D eigenvalue weighted by Crippen LogP contribution is 2.29. The Hall–Kier alpha value is -1.80. The van der Waals surface area contributed by atoms with Crippen LogP contribution in [0.1, 0.15) is 42.1 Å². The Morgan fingerprint density at radius 1 is 0.952 bits per heavy atom. The summed E-state index contributed by atoms with van der Waals surface area (Å²) in [5.41, 5.74) is 5.31. The predicted molar refractivity (Wildman–Crippen MR) is 89.0 cm³/mol. The molecule has 0 fully saturated rings. The maximum Gasteiger partial charge on any atom is 0.119 e. The van der Waals surface area contributed by atoms with Gasteiger partial charge in [0.2, 0.25) is 0 Å². The standard InChI is InChI=1S/C19H25NO/c1-5-20-19(18-14(3)8-7-9-15(18)4)16-10-12-17(13-11-16)21-6-2/h7-13,19-20H,5-6H2,1-4H3. The van der Waals surface area contributed by atoms with Gasteiger partial charge in [-0.25, -0.2) is 0 Å². The summed E-state index contributed by atoms with van der Waals surface area (Å²) in [5.74, 6) is 0.929. The van der Waals surface area contributed by atoms with Crippen molar-refractivity contribution in [3.63, 3.8) is 0 Å². The van der Waals surface area contributed by atoms with Crippen LogP contribution in [0, 0.1) is 13.8 Å². The fourth-order valence-electron chi connectivity index (χ4n) is 2.80.